The average molecular weight is 248 g/mol. The molecule has 17 heavy (non-hydrogen) atoms. The number of para-hydroxylation sites is 2. The third kappa shape index (κ3) is 5.37. The molecule has 0 saturated heterocycles. The van der Waals surface area contributed by atoms with Crippen LogP contribution in [0.5, 0.6) is 11.5 Å². The van der Waals surface area contributed by atoms with Crippen LogP contribution in [0.2, 0.25) is 0 Å². The second kappa shape index (κ2) is 8.60. The van der Waals surface area contributed by atoms with E-state index in [1.54, 1.807) is 0 Å². The van der Waals surface area contributed by atoms with Crippen LogP contribution in [-0.2, 0) is 0 Å². The molecule has 0 spiro atoms. The third-order valence-electron chi connectivity index (χ3n) is 1.81. The lowest BCUT2D eigenvalue weighted by Crippen LogP contribution is -1.83. The van der Waals surface area contributed by atoms with E-state index >= 15 is 0 Å². The van der Waals surface area contributed by atoms with Gasteiger partial charge in [0, 0.05) is 0 Å². The molecule has 0 unspecified atom stereocenters. The van der Waals surface area contributed by atoms with Crippen LogP contribution in [0.25, 0.3) is 0 Å². The Balaban J connectivity index is 0.000000686. The van der Waals surface area contributed by atoms with Crippen molar-refractivity contribution in [3.8, 4) is 11.5 Å². The molecule has 0 N–H and O–H groups in total. The van der Waals surface area contributed by atoms with Crippen LogP contribution in [-0.4, -0.2) is 0 Å². The van der Waals surface area contributed by atoms with Crippen molar-refractivity contribution in [1.29, 1.82) is 0 Å². The van der Waals surface area contributed by atoms with Crippen molar-refractivity contribution in [2.75, 3.05) is 0 Å². The molecule has 0 saturated carbocycles. The fraction of sp³-hybridized carbons (Fsp3) is 0.143. The molecule has 0 aliphatic heterocycles. The second-order valence-electron chi connectivity index (χ2n) is 2.91. The molecule has 0 aliphatic carbocycles. The first-order chi connectivity index (χ1) is 8.45. The number of rotatable bonds is 4. The summed E-state index contributed by atoms with van der Waals surface area (Å²) in [5.74, 6) is 1.65. The van der Waals surface area contributed by atoms with Crippen molar-refractivity contribution in [2.45, 2.75) is 13.8 Å². The highest BCUT2D eigenvalue weighted by atomic mass is 31.1. The second-order valence-corrected chi connectivity index (χ2v) is 3.49. The maximum Gasteiger partial charge on any atom is 0.275 e. The topological polar surface area (TPSA) is 18.5 Å². The Kier molecular flexibility index (Phi) is 6.85. The minimum absolute atomic E-state index is 0.0129. The molecule has 2 nitrogen and oxygen atoms in total. The van der Waals surface area contributed by atoms with Crippen molar-refractivity contribution in [3.05, 3.63) is 60.7 Å². The van der Waals surface area contributed by atoms with Gasteiger partial charge in [-0.25, -0.2) is 0 Å². The summed E-state index contributed by atoms with van der Waals surface area (Å²) < 4.78 is 10.8. The number of hydrogen-bond acceptors (Lipinski definition) is 2. The van der Waals surface area contributed by atoms with Gasteiger partial charge in [-0.05, 0) is 24.3 Å². The molecule has 0 radical (unpaired) electrons. The lowest BCUT2D eigenvalue weighted by atomic mass is 10.3. The van der Waals surface area contributed by atoms with Crippen molar-refractivity contribution in [2.24, 2.45) is 0 Å². The van der Waals surface area contributed by atoms with Crippen LogP contribution in [0.1, 0.15) is 13.8 Å². The molecule has 0 amide bonds. The van der Waals surface area contributed by atoms with Gasteiger partial charge in [0.25, 0.3) is 9.03 Å². The highest BCUT2D eigenvalue weighted by molar-refractivity contribution is 7.27. The molecule has 0 aliphatic rings. The van der Waals surface area contributed by atoms with E-state index in [0.717, 1.165) is 11.5 Å². The molecule has 0 fully saturated rings. The Bertz CT molecular complexity index is 350. The Labute approximate surface area is 105 Å². The monoisotopic (exact) mass is 248 g/mol. The lowest BCUT2D eigenvalue weighted by molar-refractivity contribution is 0.516. The Morgan fingerprint density at radius 2 is 1.00 bits per heavy atom. The fourth-order valence-electron chi connectivity index (χ4n) is 1.09. The highest BCUT2D eigenvalue weighted by Crippen LogP contribution is 2.23. The molecule has 2 aromatic carbocycles. The zero-order chi connectivity index (χ0) is 12.3. The van der Waals surface area contributed by atoms with Crippen LogP contribution in [0.3, 0.4) is 0 Å². The van der Waals surface area contributed by atoms with Crippen molar-refractivity contribution < 1.29 is 9.05 Å². The molecule has 0 atom stereocenters. The van der Waals surface area contributed by atoms with Gasteiger partial charge in [-0.3, -0.25) is 0 Å². The lowest BCUT2D eigenvalue weighted by Gasteiger charge is -2.06. The smallest absolute Gasteiger partial charge is 0.275 e. The molecule has 3 heteroatoms. The average Bonchev–Trinajstić information content (AvgIpc) is 2.43. The first-order valence-electron chi connectivity index (χ1n) is 5.64. The summed E-state index contributed by atoms with van der Waals surface area (Å²) in [4.78, 5) is 0. The van der Waals surface area contributed by atoms with Gasteiger partial charge in [0.05, 0.1) is 0 Å². The molecule has 0 bridgehead atoms. The molecule has 2 rings (SSSR count). The van der Waals surface area contributed by atoms with Gasteiger partial charge in [0.2, 0.25) is 0 Å². The van der Waals surface area contributed by atoms with Gasteiger partial charge in [0.15, 0.2) is 0 Å². The van der Waals surface area contributed by atoms with E-state index in [4.69, 9.17) is 9.05 Å². The van der Waals surface area contributed by atoms with E-state index in [0.29, 0.717) is 0 Å². The Morgan fingerprint density at radius 1 is 0.647 bits per heavy atom. The summed E-state index contributed by atoms with van der Waals surface area (Å²) in [5, 5.41) is 0. The first-order valence-corrected chi connectivity index (χ1v) is 6.45. The van der Waals surface area contributed by atoms with E-state index in [9.17, 15) is 0 Å². The van der Waals surface area contributed by atoms with E-state index in [-0.39, 0.29) is 9.03 Å². The third-order valence-corrected chi connectivity index (χ3v) is 2.44. The van der Waals surface area contributed by atoms with Crippen LogP contribution in [0, 0.1) is 0 Å². The predicted octanol–water partition coefficient (Wildman–Crippen LogP) is 4.68. The van der Waals surface area contributed by atoms with Crippen LogP contribution < -0.4 is 9.05 Å². The maximum absolute atomic E-state index is 5.42. The zero-order valence-electron chi connectivity index (χ0n) is 10.1. The van der Waals surface area contributed by atoms with Gasteiger partial charge in [-0.15, -0.1) is 0 Å². The van der Waals surface area contributed by atoms with Crippen LogP contribution in [0.4, 0.5) is 0 Å². The first kappa shape index (κ1) is 13.5. The summed E-state index contributed by atoms with van der Waals surface area (Å²) in [6.45, 7) is 4.00. The van der Waals surface area contributed by atoms with Gasteiger partial charge in [-0.1, -0.05) is 50.2 Å². The normalized spacial score (nSPS) is 8.82. The summed E-state index contributed by atoms with van der Waals surface area (Å²) in [7, 11) is -0.0129. The zero-order valence-corrected chi connectivity index (χ0v) is 11.1. The van der Waals surface area contributed by atoms with E-state index < -0.39 is 0 Å². The quantitative estimate of drug-likeness (QED) is 0.731. The van der Waals surface area contributed by atoms with Crippen molar-refractivity contribution in [1.82, 2.24) is 0 Å². The van der Waals surface area contributed by atoms with Crippen molar-refractivity contribution in [3.63, 3.8) is 0 Å². The molecule has 0 aromatic heterocycles. The van der Waals surface area contributed by atoms with Crippen molar-refractivity contribution >= 4 is 9.03 Å². The number of hydrogen-bond donors (Lipinski definition) is 0. The standard InChI is InChI=1S/C12H11O2P.C2H6/c1-3-7-11(8-4-1)13-15-14-12-9-5-2-6-10-12;1-2/h1-10,15H;1-2H3. The van der Waals surface area contributed by atoms with Gasteiger partial charge in [0.1, 0.15) is 11.5 Å². The van der Waals surface area contributed by atoms with Gasteiger partial charge >= 0.3 is 0 Å². The van der Waals surface area contributed by atoms with Gasteiger partial charge in [-0.2, -0.15) is 0 Å². The largest absolute Gasteiger partial charge is 0.441 e. The van der Waals surface area contributed by atoms with Crippen LogP contribution >= 0.6 is 9.03 Å². The van der Waals surface area contributed by atoms with Crippen LogP contribution in [0.15, 0.2) is 60.7 Å². The number of benzene rings is 2. The van der Waals surface area contributed by atoms with E-state index in [1.807, 2.05) is 74.5 Å². The predicted molar refractivity (Wildman–Crippen MR) is 73.8 cm³/mol. The van der Waals surface area contributed by atoms with E-state index in [2.05, 4.69) is 0 Å². The summed E-state index contributed by atoms with van der Waals surface area (Å²) in [5.41, 5.74) is 0. The molecule has 90 valence electrons. The maximum atomic E-state index is 5.42. The Hall–Kier alpha value is -1.53. The minimum Gasteiger partial charge on any atom is -0.441 e. The molecule has 2 aromatic rings. The minimum atomic E-state index is -0.0129. The van der Waals surface area contributed by atoms with Gasteiger partial charge < -0.3 is 9.05 Å². The fourth-order valence-corrected chi connectivity index (χ4v) is 1.60. The summed E-state index contributed by atoms with van der Waals surface area (Å²) >= 11 is 0. The summed E-state index contributed by atoms with van der Waals surface area (Å²) in [6.07, 6.45) is 0. The Morgan fingerprint density at radius 3 is 1.35 bits per heavy atom. The highest BCUT2D eigenvalue weighted by Gasteiger charge is 1.93. The molecular weight excluding hydrogens is 231 g/mol. The molecular formula is C14H17O2P. The van der Waals surface area contributed by atoms with E-state index in [1.165, 1.54) is 0 Å². The SMILES string of the molecule is CC.c1ccc(OPOc2ccccc2)cc1. The molecule has 0 heterocycles. The summed E-state index contributed by atoms with van der Waals surface area (Å²) in [6, 6.07) is 19.3.